The maximum Gasteiger partial charge on any atom is 0.306 e. The minimum Gasteiger partial charge on any atom is -0.481 e. The fraction of sp³-hybridized carbons (Fsp3) is 0.625. The molecule has 0 radical (unpaired) electrons. The predicted octanol–water partition coefficient (Wildman–Crippen LogP) is 6.08. The van der Waals surface area contributed by atoms with E-state index >= 15 is 0 Å². The third-order valence-corrected chi connectivity index (χ3v) is 11.0. The number of piperidine rings is 1. The van der Waals surface area contributed by atoms with E-state index in [4.69, 9.17) is 0 Å². The van der Waals surface area contributed by atoms with Crippen molar-refractivity contribution in [1.82, 2.24) is 14.8 Å². The van der Waals surface area contributed by atoms with Crippen LogP contribution in [-0.2, 0) is 22.4 Å². The number of aromatic amines is 1. The molecule has 3 aliphatic rings. The molecule has 1 unspecified atom stereocenters. The Kier molecular flexibility index (Phi) is 8.21. The van der Waals surface area contributed by atoms with Crippen LogP contribution in [0, 0.1) is 25.2 Å². The highest BCUT2D eigenvalue weighted by Crippen LogP contribution is 2.49. The smallest absolute Gasteiger partial charge is 0.306 e. The van der Waals surface area contributed by atoms with Crippen molar-refractivity contribution >= 4 is 23.6 Å². The molecule has 2 fully saturated rings. The summed E-state index contributed by atoms with van der Waals surface area (Å²) >= 11 is 1.86. The van der Waals surface area contributed by atoms with Gasteiger partial charge in [-0.3, -0.25) is 9.59 Å². The molecule has 2 N–H and O–H groups in total. The lowest BCUT2D eigenvalue weighted by atomic mass is 9.83. The van der Waals surface area contributed by atoms with Crippen LogP contribution in [0.25, 0.3) is 11.3 Å². The summed E-state index contributed by atoms with van der Waals surface area (Å²) in [6, 6.07) is 7.14. The Labute approximate surface area is 237 Å². The van der Waals surface area contributed by atoms with Crippen molar-refractivity contribution in [2.75, 3.05) is 26.2 Å². The number of amides is 1. The molecule has 1 amide bonds. The van der Waals surface area contributed by atoms with Gasteiger partial charge in [0, 0.05) is 30.1 Å². The van der Waals surface area contributed by atoms with Crippen LogP contribution in [-0.4, -0.2) is 69.2 Å². The Hall–Kier alpha value is -2.25. The first-order chi connectivity index (χ1) is 18.6. The molecule has 0 bridgehead atoms. The predicted molar refractivity (Wildman–Crippen MR) is 158 cm³/mol. The van der Waals surface area contributed by atoms with Crippen LogP contribution in [0.5, 0.6) is 0 Å². The number of likely N-dealkylation sites (tertiary alicyclic amines) is 2. The van der Waals surface area contributed by atoms with Gasteiger partial charge in [-0.1, -0.05) is 24.1 Å². The number of thioether (sulfide) groups is 1. The first kappa shape index (κ1) is 28.3. The first-order valence-electron chi connectivity index (χ1n) is 14.8. The number of nitrogens with one attached hydrogen (secondary N) is 1. The topological polar surface area (TPSA) is 76.6 Å². The number of benzene rings is 1. The van der Waals surface area contributed by atoms with E-state index in [9.17, 15) is 14.7 Å². The van der Waals surface area contributed by atoms with Crippen molar-refractivity contribution in [3.05, 3.63) is 40.5 Å². The summed E-state index contributed by atoms with van der Waals surface area (Å²) in [5.41, 5.74) is 7.29. The Morgan fingerprint density at radius 3 is 2.41 bits per heavy atom. The van der Waals surface area contributed by atoms with Gasteiger partial charge in [0.25, 0.3) is 0 Å². The van der Waals surface area contributed by atoms with Gasteiger partial charge in [-0.25, -0.2) is 0 Å². The number of carboxylic acids is 1. The minimum atomic E-state index is -0.658. The average Bonchev–Trinajstić information content (AvgIpc) is 3.61. The molecule has 6 nitrogen and oxygen atoms in total. The lowest BCUT2D eigenvalue weighted by Gasteiger charge is -2.36. The van der Waals surface area contributed by atoms with Crippen molar-refractivity contribution in [2.45, 2.75) is 95.9 Å². The van der Waals surface area contributed by atoms with Gasteiger partial charge in [-0.15, -0.1) is 11.8 Å². The number of hydrogen-bond acceptors (Lipinski definition) is 4. The normalized spacial score (nSPS) is 22.4. The third kappa shape index (κ3) is 5.67. The van der Waals surface area contributed by atoms with Crippen LogP contribution in [0.3, 0.4) is 0 Å². The van der Waals surface area contributed by atoms with Gasteiger partial charge in [0.1, 0.15) is 0 Å². The number of carboxylic acid groups (broad SMARTS) is 1. The molecular weight excluding hydrogens is 506 g/mol. The van der Waals surface area contributed by atoms with Gasteiger partial charge in [0.05, 0.1) is 16.4 Å². The summed E-state index contributed by atoms with van der Waals surface area (Å²) in [4.78, 5) is 33.6. The van der Waals surface area contributed by atoms with E-state index in [2.05, 4.69) is 67.6 Å². The average molecular weight is 552 g/mol. The number of carbonyl (C=O) groups is 2. The van der Waals surface area contributed by atoms with E-state index in [1.807, 2.05) is 11.8 Å². The monoisotopic (exact) mass is 551 g/mol. The zero-order valence-electron chi connectivity index (χ0n) is 24.3. The molecule has 2 saturated heterocycles. The number of aromatic nitrogens is 1. The van der Waals surface area contributed by atoms with Crippen molar-refractivity contribution in [3.63, 3.8) is 0 Å². The van der Waals surface area contributed by atoms with Crippen molar-refractivity contribution in [2.24, 2.45) is 11.3 Å². The fourth-order valence-electron chi connectivity index (χ4n) is 6.99. The molecule has 4 heterocycles. The molecule has 0 spiro atoms. The molecule has 2 atom stereocenters. The Morgan fingerprint density at radius 1 is 1.08 bits per heavy atom. The molecule has 2 aromatic rings. The lowest BCUT2D eigenvalue weighted by molar-refractivity contribution is -0.143. The van der Waals surface area contributed by atoms with E-state index in [-0.39, 0.29) is 11.2 Å². The van der Waals surface area contributed by atoms with Crippen LogP contribution in [0.2, 0.25) is 0 Å². The molecule has 212 valence electrons. The zero-order valence-corrected chi connectivity index (χ0v) is 25.1. The van der Waals surface area contributed by atoms with Crippen LogP contribution < -0.4 is 0 Å². The zero-order chi connectivity index (χ0) is 27.9. The highest BCUT2D eigenvalue weighted by Gasteiger charge is 2.46. The number of carbonyl (C=O) groups excluding carboxylic acids is 1. The lowest BCUT2D eigenvalue weighted by Crippen LogP contribution is -2.47. The van der Waals surface area contributed by atoms with Gasteiger partial charge >= 0.3 is 5.97 Å². The number of H-pyrrole nitrogens is 1. The second-order valence-electron chi connectivity index (χ2n) is 12.6. The van der Waals surface area contributed by atoms with E-state index in [0.717, 1.165) is 71.1 Å². The van der Waals surface area contributed by atoms with E-state index in [0.29, 0.717) is 11.9 Å². The second kappa shape index (κ2) is 11.3. The molecule has 7 heteroatoms. The Bertz CT molecular complexity index is 1210. The number of aryl methyl sites for hydroxylation is 2. The number of fused-ring (bicyclic) bond motifs is 1. The van der Waals surface area contributed by atoms with Gasteiger partial charge in [0.15, 0.2) is 0 Å². The standard InChI is InChI=1S/C32H45N3O3S/c1-6-24-8-7-12-35(24)31(38)32(4,5)27-19-26-25(11-15-34-13-9-22(10-14-34)30(36)37)28(33-29(26)39-27)23-17-20(2)16-21(3)18-23/h16-18,22,24,27,33H,6-15,19H2,1-5H3,(H,36,37)/t24?,27-/m1/s1. The van der Waals surface area contributed by atoms with Gasteiger partial charge in [-0.05, 0) is 115 Å². The maximum absolute atomic E-state index is 13.8. The summed E-state index contributed by atoms with van der Waals surface area (Å²) in [5, 5.41) is 10.8. The summed E-state index contributed by atoms with van der Waals surface area (Å²) < 4.78 is 0. The van der Waals surface area contributed by atoms with Gasteiger partial charge in [-0.2, -0.15) is 0 Å². The van der Waals surface area contributed by atoms with Crippen LogP contribution in [0.1, 0.15) is 75.1 Å². The highest BCUT2D eigenvalue weighted by atomic mass is 32.2. The largest absolute Gasteiger partial charge is 0.481 e. The van der Waals surface area contributed by atoms with Gasteiger partial charge in [0.2, 0.25) is 5.91 Å². The van der Waals surface area contributed by atoms with Gasteiger partial charge < -0.3 is 19.9 Å². The molecule has 3 aliphatic heterocycles. The molecule has 39 heavy (non-hydrogen) atoms. The summed E-state index contributed by atoms with van der Waals surface area (Å²) in [6.45, 7) is 14.3. The van der Waals surface area contributed by atoms with Crippen LogP contribution >= 0.6 is 11.8 Å². The molecule has 0 saturated carbocycles. The van der Waals surface area contributed by atoms with E-state index in [1.54, 1.807) is 0 Å². The quantitative estimate of drug-likeness (QED) is 0.416. The Balaban J connectivity index is 1.39. The fourth-order valence-corrected chi connectivity index (χ4v) is 8.43. The summed E-state index contributed by atoms with van der Waals surface area (Å²) in [6.07, 6.45) is 6.57. The van der Waals surface area contributed by atoms with Crippen molar-refractivity contribution < 1.29 is 14.7 Å². The number of hydrogen-bond donors (Lipinski definition) is 2. The first-order valence-corrected chi connectivity index (χ1v) is 15.7. The van der Waals surface area contributed by atoms with Crippen LogP contribution in [0.4, 0.5) is 0 Å². The van der Waals surface area contributed by atoms with Crippen molar-refractivity contribution in [1.29, 1.82) is 0 Å². The van der Waals surface area contributed by atoms with Crippen molar-refractivity contribution in [3.8, 4) is 11.3 Å². The van der Waals surface area contributed by atoms with E-state index in [1.165, 1.54) is 38.5 Å². The molecule has 1 aromatic carbocycles. The highest BCUT2D eigenvalue weighted by molar-refractivity contribution is 8.00. The number of rotatable bonds is 8. The Morgan fingerprint density at radius 2 is 1.77 bits per heavy atom. The van der Waals surface area contributed by atoms with E-state index < -0.39 is 11.4 Å². The third-order valence-electron chi connectivity index (χ3n) is 9.42. The molecule has 1 aromatic heterocycles. The summed E-state index contributed by atoms with van der Waals surface area (Å²) in [7, 11) is 0. The SMILES string of the molecule is CCC1CCCN1C(=O)C(C)(C)[C@H]1Cc2c([nH]c(-c3cc(C)cc(C)c3)c2CCN2CCC(C(=O)O)CC2)S1. The summed E-state index contributed by atoms with van der Waals surface area (Å²) in [5.74, 6) is -0.551. The maximum atomic E-state index is 13.8. The molecule has 0 aliphatic carbocycles. The molecular formula is C32H45N3O3S. The number of nitrogens with zero attached hydrogens (tertiary/aromatic N) is 2. The minimum absolute atomic E-state index is 0.205. The van der Waals surface area contributed by atoms with Crippen LogP contribution in [0.15, 0.2) is 23.2 Å². The second-order valence-corrected chi connectivity index (χ2v) is 13.8. The molecule has 5 rings (SSSR count). The number of aliphatic carboxylic acids is 1.